The summed E-state index contributed by atoms with van der Waals surface area (Å²) in [6.07, 6.45) is 0.267. The number of sulfonamides is 1. The second-order valence-electron chi connectivity index (χ2n) is 5.31. The quantitative estimate of drug-likeness (QED) is 0.816. The highest BCUT2D eigenvalue weighted by Gasteiger charge is 2.41. The zero-order chi connectivity index (χ0) is 15.0. The molecule has 0 aromatic heterocycles. The molecule has 1 aromatic rings. The van der Waals surface area contributed by atoms with Crippen molar-refractivity contribution in [3.63, 3.8) is 0 Å². The van der Waals surface area contributed by atoms with E-state index in [9.17, 15) is 16.8 Å². The van der Waals surface area contributed by atoms with Crippen molar-refractivity contribution >= 4 is 19.9 Å². The summed E-state index contributed by atoms with van der Waals surface area (Å²) >= 11 is 0. The van der Waals surface area contributed by atoms with E-state index in [2.05, 4.69) is 4.72 Å². The van der Waals surface area contributed by atoms with Crippen LogP contribution in [0.2, 0.25) is 0 Å². The van der Waals surface area contributed by atoms with Crippen LogP contribution in [-0.2, 0) is 26.5 Å². The van der Waals surface area contributed by atoms with Gasteiger partial charge in [0.1, 0.15) is 0 Å². The monoisotopic (exact) mass is 319 g/mol. The number of hydrogen-bond acceptors (Lipinski definition) is 5. The van der Waals surface area contributed by atoms with Gasteiger partial charge in [0.15, 0.2) is 9.84 Å². The fraction of sp³-hybridized carbons (Fsp3) is 0.500. The molecule has 1 aliphatic heterocycles. The van der Waals surface area contributed by atoms with Crippen LogP contribution in [0.1, 0.15) is 18.9 Å². The Morgan fingerprint density at radius 3 is 2.35 bits per heavy atom. The maximum Gasteiger partial charge on any atom is 0.241 e. The lowest BCUT2D eigenvalue weighted by Gasteiger charge is -2.23. The van der Waals surface area contributed by atoms with Gasteiger partial charge in [-0.1, -0.05) is 12.1 Å². The van der Waals surface area contributed by atoms with Gasteiger partial charge in [0.05, 0.1) is 23.0 Å². The van der Waals surface area contributed by atoms with E-state index < -0.39 is 25.4 Å². The van der Waals surface area contributed by atoms with E-state index in [0.29, 0.717) is 5.56 Å². The minimum atomic E-state index is -3.77. The van der Waals surface area contributed by atoms with Crippen molar-refractivity contribution in [1.29, 1.82) is 0 Å². The highest BCUT2D eigenvalue weighted by atomic mass is 32.2. The SMILES string of the molecule is CC1(NS(=O)(=O)c2ccc(CO)cc2)CCS(=O)(=O)C1. The van der Waals surface area contributed by atoms with Crippen LogP contribution in [0, 0.1) is 0 Å². The first-order valence-corrected chi connectivity index (χ1v) is 9.41. The molecule has 8 heteroatoms. The predicted octanol–water partition coefficient (Wildman–Crippen LogP) is 0.0344. The van der Waals surface area contributed by atoms with E-state index >= 15 is 0 Å². The molecule has 2 N–H and O–H groups in total. The average Bonchev–Trinajstić information content (AvgIpc) is 2.62. The van der Waals surface area contributed by atoms with Gasteiger partial charge in [0.2, 0.25) is 10.0 Å². The molecule has 0 spiro atoms. The van der Waals surface area contributed by atoms with Crippen molar-refractivity contribution in [2.45, 2.75) is 30.4 Å². The van der Waals surface area contributed by atoms with Gasteiger partial charge in [-0.2, -0.15) is 0 Å². The predicted molar refractivity (Wildman–Crippen MR) is 74.4 cm³/mol. The fourth-order valence-electron chi connectivity index (χ4n) is 2.25. The molecule has 2 rings (SSSR count). The van der Waals surface area contributed by atoms with E-state index in [-0.39, 0.29) is 29.4 Å². The minimum absolute atomic E-state index is 0.00449. The fourth-order valence-corrected chi connectivity index (χ4v) is 5.87. The van der Waals surface area contributed by atoms with Crippen molar-refractivity contribution in [3.8, 4) is 0 Å². The number of rotatable bonds is 4. The highest BCUT2D eigenvalue weighted by Crippen LogP contribution is 2.25. The molecule has 1 saturated heterocycles. The van der Waals surface area contributed by atoms with E-state index in [0.717, 1.165) is 0 Å². The largest absolute Gasteiger partial charge is 0.392 e. The third-order valence-corrected chi connectivity index (χ3v) is 6.86. The van der Waals surface area contributed by atoms with E-state index in [1.807, 2.05) is 0 Å². The van der Waals surface area contributed by atoms with Crippen LogP contribution < -0.4 is 4.72 Å². The summed E-state index contributed by atoms with van der Waals surface area (Å²) in [4.78, 5) is 0.0558. The molecule has 1 aliphatic rings. The maximum absolute atomic E-state index is 12.2. The Kier molecular flexibility index (Phi) is 3.94. The average molecular weight is 319 g/mol. The van der Waals surface area contributed by atoms with Crippen molar-refractivity contribution in [1.82, 2.24) is 4.72 Å². The van der Waals surface area contributed by atoms with Gasteiger partial charge in [-0.25, -0.2) is 21.6 Å². The first-order chi connectivity index (χ1) is 9.16. The second-order valence-corrected chi connectivity index (χ2v) is 9.18. The van der Waals surface area contributed by atoms with Crippen LogP contribution in [-0.4, -0.2) is 39.0 Å². The van der Waals surface area contributed by atoms with E-state index in [1.165, 1.54) is 24.3 Å². The number of hydrogen-bond donors (Lipinski definition) is 2. The first-order valence-electron chi connectivity index (χ1n) is 6.10. The molecule has 1 heterocycles. The van der Waals surface area contributed by atoms with E-state index in [1.54, 1.807) is 6.92 Å². The van der Waals surface area contributed by atoms with Gasteiger partial charge < -0.3 is 5.11 Å². The van der Waals surface area contributed by atoms with Gasteiger partial charge in [-0.15, -0.1) is 0 Å². The third-order valence-electron chi connectivity index (χ3n) is 3.30. The summed E-state index contributed by atoms with van der Waals surface area (Å²) in [5.41, 5.74) is -0.355. The molecule has 112 valence electrons. The van der Waals surface area contributed by atoms with E-state index in [4.69, 9.17) is 5.11 Å². The number of nitrogens with one attached hydrogen (secondary N) is 1. The summed E-state index contributed by atoms with van der Waals surface area (Å²) in [7, 11) is -6.95. The molecule has 0 bridgehead atoms. The molecule has 6 nitrogen and oxygen atoms in total. The number of sulfone groups is 1. The summed E-state index contributed by atoms with van der Waals surface area (Å²) in [6.45, 7) is 1.43. The Balaban J connectivity index is 2.23. The van der Waals surface area contributed by atoms with Gasteiger partial charge in [0, 0.05) is 5.54 Å². The molecule has 0 radical (unpaired) electrons. The molecule has 0 amide bonds. The number of aliphatic hydroxyl groups excluding tert-OH is 1. The molecule has 1 fully saturated rings. The smallest absolute Gasteiger partial charge is 0.241 e. The lowest BCUT2D eigenvalue weighted by atomic mass is 10.0. The van der Waals surface area contributed by atoms with Gasteiger partial charge in [-0.3, -0.25) is 0 Å². The summed E-state index contributed by atoms with van der Waals surface area (Å²) in [6, 6.07) is 5.81. The molecular weight excluding hydrogens is 302 g/mol. The molecule has 0 aliphatic carbocycles. The lowest BCUT2D eigenvalue weighted by molar-refractivity contribution is 0.281. The zero-order valence-corrected chi connectivity index (χ0v) is 12.7. The Morgan fingerprint density at radius 2 is 1.90 bits per heavy atom. The van der Waals surface area contributed by atoms with Crippen molar-refractivity contribution in [2.75, 3.05) is 11.5 Å². The molecule has 20 heavy (non-hydrogen) atoms. The van der Waals surface area contributed by atoms with Crippen LogP contribution in [0.4, 0.5) is 0 Å². The van der Waals surface area contributed by atoms with Crippen molar-refractivity contribution < 1.29 is 21.9 Å². The van der Waals surface area contributed by atoms with Crippen molar-refractivity contribution in [2.24, 2.45) is 0 Å². The van der Waals surface area contributed by atoms with Gasteiger partial charge >= 0.3 is 0 Å². The van der Waals surface area contributed by atoms with Gasteiger partial charge in [0.25, 0.3) is 0 Å². The van der Waals surface area contributed by atoms with Crippen molar-refractivity contribution in [3.05, 3.63) is 29.8 Å². The molecule has 1 atom stereocenters. The van der Waals surface area contributed by atoms with Crippen LogP contribution in [0.15, 0.2) is 29.2 Å². The highest BCUT2D eigenvalue weighted by molar-refractivity contribution is 7.92. The molecule has 1 aromatic carbocycles. The Hall–Kier alpha value is -0.960. The van der Waals surface area contributed by atoms with Crippen LogP contribution in [0.3, 0.4) is 0 Å². The topological polar surface area (TPSA) is 101 Å². The summed E-state index contributed by atoms with van der Waals surface area (Å²) < 4.78 is 49.9. The zero-order valence-electron chi connectivity index (χ0n) is 11.0. The van der Waals surface area contributed by atoms with Crippen LogP contribution in [0.5, 0.6) is 0 Å². The Labute approximate surface area is 118 Å². The van der Waals surface area contributed by atoms with Gasteiger partial charge in [-0.05, 0) is 31.0 Å². The number of aliphatic hydroxyl groups is 1. The van der Waals surface area contributed by atoms with Crippen LogP contribution >= 0.6 is 0 Å². The first kappa shape index (κ1) is 15.4. The Morgan fingerprint density at radius 1 is 1.30 bits per heavy atom. The molecule has 1 unspecified atom stereocenters. The third kappa shape index (κ3) is 3.38. The summed E-state index contributed by atoms with van der Waals surface area (Å²) in [5, 5.41) is 8.93. The minimum Gasteiger partial charge on any atom is -0.392 e. The Bertz CT molecular complexity index is 694. The normalized spacial score (nSPS) is 25.7. The standard InChI is InChI=1S/C12H17NO5S2/c1-12(6-7-19(15,16)9-12)13-20(17,18)11-4-2-10(8-14)3-5-11/h2-5,13-14H,6-9H2,1H3. The second kappa shape index (κ2) is 5.10. The molecule has 0 saturated carbocycles. The maximum atomic E-state index is 12.2. The lowest BCUT2D eigenvalue weighted by Crippen LogP contribution is -2.46. The number of benzene rings is 1. The van der Waals surface area contributed by atoms with Crippen LogP contribution in [0.25, 0.3) is 0 Å². The summed E-state index contributed by atoms with van der Waals surface area (Å²) in [5.74, 6) is -0.191. The molecular formula is C12H17NO5S2.